The van der Waals surface area contributed by atoms with E-state index in [1.54, 1.807) is 0 Å². The molecule has 0 bridgehead atoms. The van der Waals surface area contributed by atoms with Gasteiger partial charge in [0, 0.05) is 6.04 Å². The molecule has 1 aliphatic rings. The summed E-state index contributed by atoms with van der Waals surface area (Å²) in [5.41, 5.74) is 0.132. The highest BCUT2D eigenvalue weighted by molar-refractivity contribution is 4.81. The summed E-state index contributed by atoms with van der Waals surface area (Å²) in [6.07, 6.45) is 5.38. The standard InChI is InChI=1S/C11H23NO/c1-9(12-4)5-6-10-7-8-11(2,3)13-10/h9-10,12H,5-8H2,1-4H3. The van der Waals surface area contributed by atoms with Crippen molar-refractivity contribution in [3.63, 3.8) is 0 Å². The van der Waals surface area contributed by atoms with Crippen LogP contribution in [0.4, 0.5) is 0 Å². The maximum atomic E-state index is 5.92. The van der Waals surface area contributed by atoms with Gasteiger partial charge in [-0.05, 0) is 53.5 Å². The first-order chi connectivity index (χ1) is 6.03. The molecular formula is C11H23NO. The third kappa shape index (κ3) is 3.65. The normalized spacial score (nSPS) is 29.1. The third-order valence-electron chi connectivity index (χ3n) is 2.97. The summed E-state index contributed by atoms with van der Waals surface area (Å²) in [7, 11) is 2.02. The van der Waals surface area contributed by atoms with E-state index in [2.05, 4.69) is 26.1 Å². The Kier molecular flexibility index (Phi) is 3.74. The second-order valence-electron chi connectivity index (χ2n) is 4.81. The third-order valence-corrected chi connectivity index (χ3v) is 2.97. The average molecular weight is 185 g/mol. The summed E-state index contributed by atoms with van der Waals surface area (Å²) in [6, 6.07) is 0.618. The number of hydrogen-bond acceptors (Lipinski definition) is 2. The highest BCUT2D eigenvalue weighted by Crippen LogP contribution is 2.31. The molecule has 0 aromatic rings. The van der Waals surface area contributed by atoms with Crippen molar-refractivity contribution in [3.8, 4) is 0 Å². The van der Waals surface area contributed by atoms with Gasteiger partial charge in [-0.1, -0.05) is 0 Å². The second-order valence-corrected chi connectivity index (χ2v) is 4.81. The molecule has 2 heteroatoms. The molecule has 0 amide bonds. The lowest BCUT2D eigenvalue weighted by molar-refractivity contribution is -0.0196. The summed E-state index contributed by atoms with van der Waals surface area (Å²) in [4.78, 5) is 0. The van der Waals surface area contributed by atoms with E-state index >= 15 is 0 Å². The molecular weight excluding hydrogens is 162 g/mol. The Hall–Kier alpha value is -0.0800. The van der Waals surface area contributed by atoms with Crippen LogP contribution in [0.1, 0.15) is 46.5 Å². The van der Waals surface area contributed by atoms with Gasteiger partial charge in [-0.15, -0.1) is 0 Å². The monoisotopic (exact) mass is 185 g/mol. The zero-order chi connectivity index (χ0) is 9.90. The molecule has 0 aromatic heterocycles. The number of rotatable bonds is 4. The highest BCUT2D eigenvalue weighted by atomic mass is 16.5. The smallest absolute Gasteiger partial charge is 0.0631 e. The van der Waals surface area contributed by atoms with Crippen molar-refractivity contribution in [1.29, 1.82) is 0 Å². The molecule has 1 rings (SSSR count). The molecule has 1 saturated heterocycles. The molecule has 1 heterocycles. The Balaban J connectivity index is 2.17. The maximum absolute atomic E-state index is 5.92. The Morgan fingerprint density at radius 1 is 1.54 bits per heavy atom. The zero-order valence-corrected chi connectivity index (χ0v) is 9.39. The molecule has 78 valence electrons. The van der Waals surface area contributed by atoms with Gasteiger partial charge in [-0.25, -0.2) is 0 Å². The fourth-order valence-corrected chi connectivity index (χ4v) is 1.86. The number of ether oxygens (including phenoxy) is 1. The minimum absolute atomic E-state index is 0.132. The van der Waals surface area contributed by atoms with E-state index in [1.165, 1.54) is 25.7 Å². The molecule has 2 atom stereocenters. The van der Waals surface area contributed by atoms with Gasteiger partial charge in [-0.3, -0.25) is 0 Å². The summed E-state index contributed by atoms with van der Waals surface area (Å²) in [6.45, 7) is 6.60. The lowest BCUT2D eigenvalue weighted by Crippen LogP contribution is -2.24. The van der Waals surface area contributed by atoms with Gasteiger partial charge in [0.1, 0.15) is 0 Å². The largest absolute Gasteiger partial charge is 0.372 e. The lowest BCUT2D eigenvalue weighted by Gasteiger charge is -2.20. The molecule has 1 aliphatic heterocycles. The Bertz CT molecular complexity index is 156. The quantitative estimate of drug-likeness (QED) is 0.726. The molecule has 0 spiro atoms. The molecule has 0 radical (unpaired) electrons. The van der Waals surface area contributed by atoms with Crippen LogP contribution in [0.5, 0.6) is 0 Å². The predicted molar refractivity (Wildman–Crippen MR) is 55.9 cm³/mol. The van der Waals surface area contributed by atoms with Crippen molar-refractivity contribution in [2.45, 2.75) is 64.2 Å². The highest BCUT2D eigenvalue weighted by Gasteiger charge is 2.31. The first-order valence-corrected chi connectivity index (χ1v) is 5.38. The van der Waals surface area contributed by atoms with Crippen molar-refractivity contribution in [1.82, 2.24) is 5.32 Å². The van der Waals surface area contributed by atoms with Crippen LogP contribution in [0, 0.1) is 0 Å². The van der Waals surface area contributed by atoms with Crippen LogP contribution in [0.15, 0.2) is 0 Å². The van der Waals surface area contributed by atoms with Gasteiger partial charge < -0.3 is 10.1 Å². The maximum Gasteiger partial charge on any atom is 0.0631 e. The van der Waals surface area contributed by atoms with E-state index in [1.807, 2.05) is 7.05 Å². The first kappa shape index (κ1) is 11.0. The Labute approximate surface area is 82.0 Å². The summed E-state index contributed by atoms with van der Waals surface area (Å²) >= 11 is 0. The van der Waals surface area contributed by atoms with Crippen LogP contribution in [-0.2, 0) is 4.74 Å². The van der Waals surface area contributed by atoms with Crippen molar-refractivity contribution in [2.75, 3.05) is 7.05 Å². The van der Waals surface area contributed by atoms with Crippen LogP contribution in [0.2, 0.25) is 0 Å². The number of hydrogen-bond donors (Lipinski definition) is 1. The van der Waals surface area contributed by atoms with E-state index in [0.29, 0.717) is 12.1 Å². The molecule has 0 saturated carbocycles. The van der Waals surface area contributed by atoms with Crippen LogP contribution in [-0.4, -0.2) is 24.8 Å². The fraction of sp³-hybridized carbons (Fsp3) is 1.00. The van der Waals surface area contributed by atoms with E-state index in [9.17, 15) is 0 Å². The Morgan fingerprint density at radius 2 is 2.23 bits per heavy atom. The molecule has 1 N–H and O–H groups in total. The predicted octanol–water partition coefficient (Wildman–Crippen LogP) is 2.33. The zero-order valence-electron chi connectivity index (χ0n) is 9.39. The van der Waals surface area contributed by atoms with Gasteiger partial charge >= 0.3 is 0 Å². The molecule has 2 unspecified atom stereocenters. The van der Waals surface area contributed by atoms with E-state index in [-0.39, 0.29) is 5.60 Å². The van der Waals surface area contributed by atoms with Gasteiger partial charge in [-0.2, -0.15) is 0 Å². The van der Waals surface area contributed by atoms with E-state index in [4.69, 9.17) is 4.74 Å². The van der Waals surface area contributed by atoms with Crippen molar-refractivity contribution >= 4 is 0 Å². The second kappa shape index (κ2) is 4.43. The van der Waals surface area contributed by atoms with Crippen LogP contribution >= 0.6 is 0 Å². The average Bonchev–Trinajstić information content (AvgIpc) is 2.41. The minimum Gasteiger partial charge on any atom is -0.372 e. The van der Waals surface area contributed by atoms with E-state index in [0.717, 1.165) is 0 Å². The van der Waals surface area contributed by atoms with Crippen molar-refractivity contribution in [3.05, 3.63) is 0 Å². The molecule has 1 fully saturated rings. The van der Waals surface area contributed by atoms with Gasteiger partial charge in [0.15, 0.2) is 0 Å². The van der Waals surface area contributed by atoms with Crippen molar-refractivity contribution < 1.29 is 4.74 Å². The molecule has 0 aliphatic carbocycles. The van der Waals surface area contributed by atoms with E-state index < -0.39 is 0 Å². The number of nitrogens with one attached hydrogen (secondary N) is 1. The van der Waals surface area contributed by atoms with Gasteiger partial charge in [0.2, 0.25) is 0 Å². The van der Waals surface area contributed by atoms with Crippen LogP contribution in [0.25, 0.3) is 0 Å². The van der Waals surface area contributed by atoms with Crippen LogP contribution < -0.4 is 5.32 Å². The summed E-state index contributed by atoms with van der Waals surface area (Å²) in [5, 5.41) is 3.25. The van der Waals surface area contributed by atoms with Crippen LogP contribution in [0.3, 0.4) is 0 Å². The Morgan fingerprint density at radius 3 is 2.69 bits per heavy atom. The van der Waals surface area contributed by atoms with Crippen molar-refractivity contribution in [2.24, 2.45) is 0 Å². The van der Waals surface area contributed by atoms with Gasteiger partial charge in [0.05, 0.1) is 11.7 Å². The molecule has 2 nitrogen and oxygen atoms in total. The topological polar surface area (TPSA) is 21.3 Å². The molecule has 0 aromatic carbocycles. The molecule has 13 heavy (non-hydrogen) atoms. The minimum atomic E-state index is 0.132. The summed E-state index contributed by atoms with van der Waals surface area (Å²) < 4.78 is 5.92. The lowest BCUT2D eigenvalue weighted by atomic mass is 10.0. The summed E-state index contributed by atoms with van der Waals surface area (Å²) in [5.74, 6) is 0. The van der Waals surface area contributed by atoms with Gasteiger partial charge in [0.25, 0.3) is 0 Å². The SMILES string of the molecule is CNC(C)CCC1CCC(C)(C)O1. The fourth-order valence-electron chi connectivity index (χ4n) is 1.86. The first-order valence-electron chi connectivity index (χ1n) is 5.38.